The lowest BCUT2D eigenvalue weighted by molar-refractivity contribution is 0.0459. The molecule has 1 saturated heterocycles. The lowest BCUT2D eigenvalue weighted by Gasteiger charge is -2.24. The van der Waals surface area contributed by atoms with Crippen LogP contribution in [0.15, 0.2) is 0 Å². The van der Waals surface area contributed by atoms with Gasteiger partial charge in [0.05, 0.1) is 13.2 Å². The molecule has 0 amide bonds. The summed E-state index contributed by atoms with van der Waals surface area (Å²) in [5.74, 6) is 0. The number of ether oxygens (including phenoxy) is 1. The summed E-state index contributed by atoms with van der Waals surface area (Å²) in [7, 11) is 0. The largest absolute Gasteiger partial charge is 0.379 e. The van der Waals surface area contributed by atoms with Crippen molar-refractivity contribution in [3.63, 3.8) is 0 Å². The molecule has 0 aliphatic carbocycles. The first-order valence-corrected chi connectivity index (χ1v) is 3.49. The van der Waals surface area contributed by atoms with Gasteiger partial charge in [0.15, 0.2) is 0 Å². The van der Waals surface area contributed by atoms with Crippen molar-refractivity contribution in [2.45, 2.75) is 0 Å². The van der Waals surface area contributed by atoms with Crippen molar-refractivity contribution in [3.8, 4) is 0 Å². The predicted octanol–water partition coefficient (Wildman–Crippen LogP) is 0.195. The van der Waals surface area contributed by atoms with Gasteiger partial charge in [0, 0.05) is 25.0 Å². The number of morpholine rings is 1. The van der Waals surface area contributed by atoms with E-state index in [9.17, 15) is 0 Å². The van der Waals surface area contributed by atoms with E-state index in [0.29, 0.717) is 0 Å². The quantitative estimate of drug-likeness (QED) is 0.514. The maximum atomic E-state index is 5.14. The smallest absolute Gasteiger partial charge is 0.0594 e. The first-order chi connectivity index (χ1) is 4.43. The number of nitrogens with zero attached hydrogens (tertiary/aromatic N) is 1. The fourth-order valence-corrected chi connectivity index (χ4v) is 1.03. The summed E-state index contributed by atoms with van der Waals surface area (Å²) in [5.41, 5.74) is 0. The monoisotopic (exact) mass is 144 g/mol. The minimum Gasteiger partial charge on any atom is -0.379 e. The summed E-state index contributed by atoms with van der Waals surface area (Å²) in [6, 6.07) is 0. The number of hydrogen-bond acceptors (Lipinski definition) is 3. The van der Waals surface area contributed by atoms with Crippen LogP contribution in [0.1, 0.15) is 0 Å². The lowest BCUT2D eigenvalue weighted by atomic mass is 10.4. The SMILES string of the molecule is S=[C]CN1CCOCC1. The van der Waals surface area contributed by atoms with Gasteiger partial charge in [-0.15, -0.1) is 0 Å². The van der Waals surface area contributed by atoms with Crippen molar-refractivity contribution in [2.24, 2.45) is 0 Å². The maximum absolute atomic E-state index is 5.14. The molecule has 0 saturated carbocycles. The van der Waals surface area contributed by atoms with E-state index in [4.69, 9.17) is 4.74 Å². The fourth-order valence-electron chi connectivity index (χ4n) is 0.851. The van der Waals surface area contributed by atoms with E-state index in [-0.39, 0.29) is 0 Å². The van der Waals surface area contributed by atoms with Crippen LogP contribution in [0.25, 0.3) is 0 Å². The summed E-state index contributed by atoms with van der Waals surface area (Å²) >= 11 is 4.60. The minimum atomic E-state index is 0.804. The van der Waals surface area contributed by atoms with Gasteiger partial charge >= 0.3 is 0 Å². The second-order valence-corrected chi connectivity index (χ2v) is 2.32. The molecule has 1 radical (unpaired) electrons. The van der Waals surface area contributed by atoms with Crippen molar-refractivity contribution < 1.29 is 4.74 Å². The number of rotatable bonds is 2. The molecule has 9 heavy (non-hydrogen) atoms. The van der Waals surface area contributed by atoms with Crippen molar-refractivity contribution in [3.05, 3.63) is 0 Å². The molecule has 1 fully saturated rings. The van der Waals surface area contributed by atoms with E-state index in [2.05, 4.69) is 22.5 Å². The Kier molecular flexibility index (Phi) is 3.11. The molecule has 0 atom stereocenters. The Bertz CT molecular complexity index is 91.1. The van der Waals surface area contributed by atoms with Crippen LogP contribution in [0.3, 0.4) is 0 Å². The Labute approximate surface area is 60.8 Å². The highest BCUT2D eigenvalue weighted by Crippen LogP contribution is 1.93. The average Bonchev–Trinajstić information content (AvgIpc) is 1.91. The molecule has 0 spiro atoms. The lowest BCUT2D eigenvalue weighted by Crippen LogP contribution is -2.37. The van der Waals surface area contributed by atoms with Crippen LogP contribution in [0.2, 0.25) is 0 Å². The van der Waals surface area contributed by atoms with E-state index in [1.54, 1.807) is 0 Å². The number of thiocarbonyl (C=S) groups is 1. The van der Waals surface area contributed by atoms with Crippen LogP contribution in [0.5, 0.6) is 0 Å². The third kappa shape index (κ3) is 2.39. The predicted molar refractivity (Wildman–Crippen MR) is 39.9 cm³/mol. The highest BCUT2D eigenvalue weighted by Gasteiger charge is 2.07. The highest BCUT2D eigenvalue weighted by molar-refractivity contribution is 7.79. The Hall–Kier alpha value is 0.0100. The summed E-state index contributed by atoms with van der Waals surface area (Å²) in [5, 5.41) is 2.69. The Morgan fingerprint density at radius 3 is 2.67 bits per heavy atom. The fraction of sp³-hybridized carbons (Fsp3) is 0.833. The van der Waals surface area contributed by atoms with Gasteiger partial charge in [0.25, 0.3) is 0 Å². The molecule has 0 aromatic heterocycles. The maximum Gasteiger partial charge on any atom is 0.0594 e. The van der Waals surface area contributed by atoms with Gasteiger partial charge in [-0.25, -0.2) is 0 Å². The van der Waals surface area contributed by atoms with E-state index < -0.39 is 0 Å². The van der Waals surface area contributed by atoms with Gasteiger partial charge in [0.1, 0.15) is 0 Å². The van der Waals surface area contributed by atoms with Gasteiger partial charge in [-0.2, -0.15) is 0 Å². The standard InChI is InChI=1S/C6H10NOS/c9-6-3-7-1-4-8-5-2-7/h1-5H2. The summed E-state index contributed by atoms with van der Waals surface area (Å²) in [6.07, 6.45) is 0. The highest BCUT2D eigenvalue weighted by atomic mass is 32.1. The van der Waals surface area contributed by atoms with Crippen molar-refractivity contribution in [1.82, 2.24) is 4.90 Å². The summed E-state index contributed by atoms with van der Waals surface area (Å²) in [4.78, 5) is 2.23. The first kappa shape index (κ1) is 7.12. The molecule has 0 bridgehead atoms. The van der Waals surface area contributed by atoms with Crippen LogP contribution >= 0.6 is 12.2 Å². The zero-order valence-corrected chi connectivity index (χ0v) is 6.12. The Morgan fingerprint density at radius 1 is 1.44 bits per heavy atom. The van der Waals surface area contributed by atoms with Gasteiger partial charge < -0.3 is 4.74 Å². The third-order valence-corrected chi connectivity index (χ3v) is 1.52. The molecule has 1 aliphatic heterocycles. The summed E-state index contributed by atoms with van der Waals surface area (Å²) in [6.45, 7) is 4.50. The minimum absolute atomic E-state index is 0.804. The topological polar surface area (TPSA) is 12.5 Å². The molecule has 2 nitrogen and oxygen atoms in total. The zero-order chi connectivity index (χ0) is 6.53. The number of hydrogen-bond donors (Lipinski definition) is 0. The molecule has 1 aliphatic rings. The molecule has 1 rings (SSSR count). The average molecular weight is 144 g/mol. The normalized spacial score (nSPS) is 21.8. The van der Waals surface area contributed by atoms with Crippen molar-refractivity contribution in [1.29, 1.82) is 0 Å². The third-order valence-electron chi connectivity index (χ3n) is 1.39. The van der Waals surface area contributed by atoms with Gasteiger partial charge in [-0.1, -0.05) is 12.2 Å². The molecular weight excluding hydrogens is 134 g/mol. The molecular formula is C6H10NOS. The molecule has 1 heterocycles. The van der Waals surface area contributed by atoms with Crippen LogP contribution < -0.4 is 0 Å². The Balaban J connectivity index is 2.15. The van der Waals surface area contributed by atoms with Crippen LogP contribution in [-0.4, -0.2) is 43.1 Å². The van der Waals surface area contributed by atoms with Crippen molar-refractivity contribution in [2.75, 3.05) is 32.8 Å². The second kappa shape index (κ2) is 3.93. The summed E-state index contributed by atoms with van der Waals surface area (Å²) < 4.78 is 5.14. The molecule has 0 unspecified atom stereocenters. The van der Waals surface area contributed by atoms with Crippen LogP contribution in [0, 0.1) is 0 Å². The van der Waals surface area contributed by atoms with Crippen molar-refractivity contribution >= 4 is 17.6 Å². The molecule has 51 valence electrons. The Morgan fingerprint density at radius 2 is 2.11 bits per heavy atom. The van der Waals surface area contributed by atoms with Gasteiger partial charge in [-0.05, 0) is 0 Å². The molecule has 3 heteroatoms. The van der Waals surface area contributed by atoms with Gasteiger partial charge in [0.2, 0.25) is 0 Å². The van der Waals surface area contributed by atoms with Crippen LogP contribution in [-0.2, 0) is 4.74 Å². The van der Waals surface area contributed by atoms with Crippen LogP contribution in [0.4, 0.5) is 0 Å². The molecule has 0 N–H and O–H groups in total. The second-order valence-electron chi connectivity index (χ2n) is 2.03. The molecule has 0 aromatic rings. The van der Waals surface area contributed by atoms with E-state index in [0.717, 1.165) is 32.8 Å². The van der Waals surface area contributed by atoms with E-state index in [1.807, 2.05) is 0 Å². The van der Waals surface area contributed by atoms with E-state index in [1.165, 1.54) is 0 Å². The first-order valence-electron chi connectivity index (χ1n) is 3.08. The van der Waals surface area contributed by atoms with Gasteiger partial charge in [-0.3, -0.25) is 4.90 Å². The molecule has 0 aromatic carbocycles. The zero-order valence-electron chi connectivity index (χ0n) is 5.30. The van der Waals surface area contributed by atoms with E-state index >= 15 is 0 Å².